The summed E-state index contributed by atoms with van der Waals surface area (Å²) in [5, 5.41) is 11.4. The quantitative estimate of drug-likeness (QED) is 0.227. The Kier molecular flexibility index (Phi) is 6.98. The van der Waals surface area contributed by atoms with Crippen molar-refractivity contribution in [2.24, 2.45) is 0 Å². The topological polar surface area (TPSA) is 78.4 Å². The highest BCUT2D eigenvalue weighted by Crippen LogP contribution is 2.43. The molecule has 0 bridgehead atoms. The summed E-state index contributed by atoms with van der Waals surface area (Å²) in [5.74, 6) is -0.406. The van der Waals surface area contributed by atoms with Crippen LogP contribution in [0, 0.1) is 0 Å². The molecule has 28 heavy (non-hydrogen) atoms. The minimum absolute atomic E-state index is 0.0684. The molecule has 0 radical (unpaired) electrons. The molecule has 0 heterocycles. The van der Waals surface area contributed by atoms with Crippen LogP contribution < -0.4 is 10.8 Å². The number of carbonyl (C=O) groups is 2. The first-order valence-corrected chi connectivity index (χ1v) is 9.82. The molecule has 5 heteroatoms. The summed E-state index contributed by atoms with van der Waals surface area (Å²) in [6, 6.07) is 16.4. The highest BCUT2D eigenvalue weighted by Gasteiger charge is 2.22. The molecule has 0 aliphatic heterocycles. The third-order valence-electron chi connectivity index (χ3n) is 5.00. The SMILES string of the molecule is O=C(C=C1c2ccccc2-c2ccccc21)NCCCCCCCC(=O)NO. The van der Waals surface area contributed by atoms with Crippen LogP contribution >= 0.6 is 0 Å². The molecule has 0 spiro atoms. The number of rotatable bonds is 9. The number of fused-ring (bicyclic) bond motifs is 3. The lowest BCUT2D eigenvalue weighted by atomic mass is 10.0. The molecule has 5 nitrogen and oxygen atoms in total. The monoisotopic (exact) mass is 378 g/mol. The first-order valence-electron chi connectivity index (χ1n) is 9.82. The normalized spacial score (nSPS) is 11.5. The molecule has 0 aromatic heterocycles. The molecule has 0 unspecified atom stereocenters. The Hall–Kier alpha value is -2.92. The van der Waals surface area contributed by atoms with Crippen LogP contribution in [0.5, 0.6) is 0 Å². The average Bonchev–Trinajstić information content (AvgIpc) is 3.04. The zero-order valence-corrected chi connectivity index (χ0v) is 15.9. The van der Waals surface area contributed by atoms with Gasteiger partial charge in [-0.15, -0.1) is 0 Å². The maximum atomic E-state index is 12.4. The number of benzene rings is 2. The van der Waals surface area contributed by atoms with E-state index in [1.807, 2.05) is 24.3 Å². The molecule has 2 aromatic rings. The van der Waals surface area contributed by atoms with Crippen molar-refractivity contribution in [3.8, 4) is 11.1 Å². The number of hydrogen-bond acceptors (Lipinski definition) is 3. The van der Waals surface area contributed by atoms with Gasteiger partial charge in [0, 0.05) is 19.0 Å². The third-order valence-corrected chi connectivity index (χ3v) is 5.00. The number of hydrogen-bond donors (Lipinski definition) is 3. The Morgan fingerprint density at radius 1 is 0.786 bits per heavy atom. The van der Waals surface area contributed by atoms with Crippen molar-refractivity contribution in [3.05, 3.63) is 65.7 Å². The Morgan fingerprint density at radius 3 is 1.93 bits per heavy atom. The number of hydroxylamine groups is 1. The van der Waals surface area contributed by atoms with Crippen molar-refractivity contribution < 1.29 is 14.8 Å². The number of amides is 2. The van der Waals surface area contributed by atoms with Crippen molar-refractivity contribution >= 4 is 17.4 Å². The van der Waals surface area contributed by atoms with E-state index in [1.54, 1.807) is 11.6 Å². The van der Waals surface area contributed by atoms with E-state index in [-0.39, 0.29) is 11.8 Å². The molecule has 0 fully saturated rings. The maximum absolute atomic E-state index is 12.4. The Labute approximate surface area is 165 Å². The van der Waals surface area contributed by atoms with Gasteiger partial charge in [0.1, 0.15) is 0 Å². The molecule has 2 aromatic carbocycles. The fourth-order valence-corrected chi connectivity index (χ4v) is 3.60. The second kappa shape index (κ2) is 9.85. The number of carbonyl (C=O) groups excluding carboxylic acids is 2. The first-order chi connectivity index (χ1) is 13.7. The first kappa shape index (κ1) is 19.8. The van der Waals surface area contributed by atoms with E-state index in [0.29, 0.717) is 13.0 Å². The average molecular weight is 378 g/mol. The van der Waals surface area contributed by atoms with Crippen molar-refractivity contribution in [1.29, 1.82) is 0 Å². The fourth-order valence-electron chi connectivity index (χ4n) is 3.60. The summed E-state index contributed by atoms with van der Waals surface area (Å²) in [6.07, 6.45) is 6.69. The van der Waals surface area contributed by atoms with Gasteiger partial charge in [-0.05, 0) is 40.7 Å². The van der Waals surface area contributed by atoms with Crippen molar-refractivity contribution in [2.45, 2.75) is 38.5 Å². The van der Waals surface area contributed by atoms with E-state index in [2.05, 4.69) is 29.6 Å². The van der Waals surface area contributed by atoms with E-state index in [1.165, 1.54) is 11.1 Å². The molecule has 0 saturated heterocycles. The van der Waals surface area contributed by atoms with Gasteiger partial charge >= 0.3 is 0 Å². The van der Waals surface area contributed by atoms with Gasteiger partial charge in [0.15, 0.2) is 0 Å². The van der Waals surface area contributed by atoms with E-state index in [0.717, 1.165) is 48.8 Å². The van der Waals surface area contributed by atoms with Gasteiger partial charge in [-0.1, -0.05) is 67.8 Å². The lowest BCUT2D eigenvalue weighted by Crippen LogP contribution is -2.22. The molecule has 1 aliphatic rings. The van der Waals surface area contributed by atoms with Gasteiger partial charge in [0.2, 0.25) is 11.8 Å². The fraction of sp³-hybridized carbons (Fsp3) is 0.304. The van der Waals surface area contributed by atoms with Crippen molar-refractivity contribution in [3.63, 3.8) is 0 Å². The smallest absolute Gasteiger partial charge is 0.244 e. The highest BCUT2D eigenvalue weighted by molar-refractivity contribution is 6.08. The van der Waals surface area contributed by atoms with Crippen LogP contribution in [0.25, 0.3) is 16.7 Å². The second-order valence-electron chi connectivity index (χ2n) is 6.99. The highest BCUT2D eigenvalue weighted by atomic mass is 16.5. The zero-order chi connectivity index (χ0) is 19.8. The standard InChI is InChI=1S/C23H26N2O3/c26-22(25-28)14-4-2-1-3-9-15-24-23(27)16-21-19-12-7-5-10-17(19)18-11-6-8-13-20(18)21/h5-8,10-13,16,28H,1-4,9,14-15H2,(H,24,27)(H,25,26). The molecule has 146 valence electrons. The van der Waals surface area contributed by atoms with E-state index in [9.17, 15) is 9.59 Å². The van der Waals surface area contributed by atoms with E-state index < -0.39 is 0 Å². The van der Waals surface area contributed by atoms with E-state index in [4.69, 9.17) is 5.21 Å². The predicted octanol–water partition coefficient (Wildman–Crippen LogP) is 4.06. The minimum Gasteiger partial charge on any atom is -0.353 e. The largest absolute Gasteiger partial charge is 0.353 e. The van der Waals surface area contributed by atoms with Crippen molar-refractivity contribution in [2.75, 3.05) is 6.54 Å². The van der Waals surface area contributed by atoms with Gasteiger partial charge in [-0.2, -0.15) is 0 Å². The molecule has 2 amide bonds. The van der Waals surface area contributed by atoms with Crippen LogP contribution in [-0.4, -0.2) is 23.6 Å². The van der Waals surface area contributed by atoms with Gasteiger partial charge in [0.25, 0.3) is 0 Å². The summed E-state index contributed by atoms with van der Waals surface area (Å²) in [6.45, 7) is 0.642. The van der Waals surface area contributed by atoms with Gasteiger partial charge in [-0.25, -0.2) is 5.48 Å². The van der Waals surface area contributed by atoms with Crippen LogP contribution in [0.1, 0.15) is 49.7 Å². The minimum atomic E-state index is -0.338. The molecule has 0 saturated carbocycles. The number of nitrogens with one attached hydrogen (secondary N) is 2. The molecular weight excluding hydrogens is 352 g/mol. The van der Waals surface area contributed by atoms with Crippen LogP contribution in [0.15, 0.2) is 54.6 Å². The molecule has 1 aliphatic carbocycles. The third kappa shape index (κ3) is 4.87. The van der Waals surface area contributed by atoms with Crippen LogP contribution in [0.3, 0.4) is 0 Å². The van der Waals surface area contributed by atoms with E-state index >= 15 is 0 Å². The zero-order valence-electron chi connectivity index (χ0n) is 15.9. The van der Waals surface area contributed by atoms with Gasteiger partial charge < -0.3 is 5.32 Å². The molecule has 3 rings (SSSR count). The summed E-state index contributed by atoms with van der Waals surface area (Å²) in [5.41, 5.74) is 7.17. The summed E-state index contributed by atoms with van der Waals surface area (Å²) in [7, 11) is 0. The summed E-state index contributed by atoms with van der Waals surface area (Å²) in [4.78, 5) is 23.3. The number of unbranched alkanes of at least 4 members (excludes halogenated alkanes) is 4. The van der Waals surface area contributed by atoms with Crippen LogP contribution in [0.4, 0.5) is 0 Å². The predicted molar refractivity (Wildman–Crippen MR) is 110 cm³/mol. The lowest BCUT2D eigenvalue weighted by molar-refractivity contribution is -0.129. The maximum Gasteiger partial charge on any atom is 0.244 e. The van der Waals surface area contributed by atoms with Gasteiger partial charge in [-0.3, -0.25) is 14.8 Å². The Morgan fingerprint density at radius 2 is 1.32 bits per heavy atom. The summed E-state index contributed by atoms with van der Waals surface area (Å²) >= 11 is 0. The molecular formula is C23H26N2O3. The lowest BCUT2D eigenvalue weighted by Gasteiger charge is -2.05. The van der Waals surface area contributed by atoms with Crippen molar-refractivity contribution in [1.82, 2.24) is 10.8 Å². The van der Waals surface area contributed by atoms with Crippen LogP contribution in [0.2, 0.25) is 0 Å². The summed E-state index contributed by atoms with van der Waals surface area (Å²) < 4.78 is 0. The van der Waals surface area contributed by atoms with Gasteiger partial charge in [0.05, 0.1) is 0 Å². The second-order valence-corrected chi connectivity index (χ2v) is 6.99. The Bertz CT molecular complexity index is 826. The molecule has 0 atom stereocenters. The van der Waals surface area contributed by atoms with Crippen LogP contribution in [-0.2, 0) is 9.59 Å². The molecule has 3 N–H and O–H groups in total. The Balaban J connectivity index is 1.47.